The monoisotopic (exact) mass is 306 g/mol. The Bertz CT molecular complexity index is 750. The zero-order valence-electron chi connectivity index (χ0n) is 12.1. The number of nitrogens with one attached hydrogen (secondary N) is 1. The van der Waals surface area contributed by atoms with Gasteiger partial charge in [-0.2, -0.15) is 4.98 Å². The van der Waals surface area contributed by atoms with E-state index in [2.05, 4.69) is 16.9 Å². The van der Waals surface area contributed by atoms with Crippen molar-refractivity contribution in [3.05, 3.63) is 21.5 Å². The van der Waals surface area contributed by atoms with Crippen molar-refractivity contribution in [2.24, 2.45) is 11.8 Å². The van der Waals surface area contributed by atoms with Gasteiger partial charge in [-0.15, -0.1) is 0 Å². The molecule has 2 aromatic rings. The van der Waals surface area contributed by atoms with Crippen LogP contribution < -0.4 is 5.56 Å². The van der Waals surface area contributed by atoms with E-state index in [9.17, 15) is 4.79 Å². The number of rotatable bonds is 3. The van der Waals surface area contributed by atoms with Crippen molar-refractivity contribution in [2.45, 2.75) is 51.5 Å². The van der Waals surface area contributed by atoms with Gasteiger partial charge in [-0.3, -0.25) is 9.36 Å². The molecule has 112 valence electrons. The summed E-state index contributed by atoms with van der Waals surface area (Å²) >= 11 is 6.12. The predicted octanol–water partition coefficient (Wildman–Crippen LogP) is 3.09. The van der Waals surface area contributed by atoms with Gasteiger partial charge >= 0.3 is 0 Å². The summed E-state index contributed by atoms with van der Waals surface area (Å²) in [6.07, 6.45) is 6.10. The lowest BCUT2D eigenvalue weighted by atomic mass is 9.88. The number of halogens is 1. The third-order valence-corrected chi connectivity index (χ3v) is 5.41. The van der Waals surface area contributed by atoms with E-state index in [1.165, 1.54) is 25.7 Å². The Morgan fingerprint density at radius 1 is 1.33 bits per heavy atom. The smallest absolute Gasteiger partial charge is 0.300 e. The lowest BCUT2D eigenvalue weighted by molar-refractivity contribution is 0.408. The number of hydrogen-bond donors (Lipinski definition) is 1. The molecular weight excluding hydrogens is 288 g/mol. The van der Waals surface area contributed by atoms with Crippen molar-refractivity contribution in [2.75, 3.05) is 0 Å². The average molecular weight is 307 g/mol. The SMILES string of the molecule is CCCn1c(Cl)nc(=O)c2[nH]c(C3CC4CCC3C4)nc21. The van der Waals surface area contributed by atoms with Gasteiger partial charge in [0.2, 0.25) is 5.28 Å². The zero-order valence-corrected chi connectivity index (χ0v) is 12.9. The van der Waals surface area contributed by atoms with E-state index >= 15 is 0 Å². The van der Waals surface area contributed by atoms with Gasteiger partial charge in [0.1, 0.15) is 5.82 Å². The second kappa shape index (κ2) is 4.83. The Morgan fingerprint density at radius 2 is 2.19 bits per heavy atom. The van der Waals surface area contributed by atoms with Crippen LogP contribution in [0.4, 0.5) is 0 Å². The molecule has 2 aliphatic carbocycles. The van der Waals surface area contributed by atoms with Crippen LogP contribution in [-0.2, 0) is 6.54 Å². The second-order valence-corrected chi connectivity index (χ2v) is 6.78. The van der Waals surface area contributed by atoms with Gasteiger partial charge < -0.3 is 4.98 Å². The Morgan fingerprint density at radius 3 is 2.86 bits per heavy atom. The normalized spacial score (nSPS) is 27.8. The third-order valence-electron chi connectivity index (χ3n) is 5.13. The van der Waals surface area contributed by atoms with Crippen molar-refractivity contribution < 1.29 is 0 Å². The standard InChI is InChI=1S/C15H19ClN4O/c1-2-5-20-13-11(14(21)19-15(20)16)17-12(18-13)10-7-8-3-4-9(10)6-8/h8-10H,2-7H2,1H3,(H,17,18). The van der Waals surface area contributed by atoms with Crippen molar-refractivity contribution in [3.8, 4) is 0 Å². The number of aryl methyl sites for hydroxylation is 1. The molecule has 2 aromatic heterocycles. The summed E-state index contributed by atoms with van der Waals surface area (Å²) in [7, 11) is 0. The van der Waals surface area contributed by atoms with Crippen LogP contribution in [0, 0.1) is 11.8 Å². The molecule has 4 rings (SSSR count). The van der Waals surface area contributed by atoms with Gasteiger partial charge in [-0.05, 0) is 49.1 Å². The molecule has 0 aliphatic heterocycles. The van der Waals surface area contributed by atoms with E-state index in [-0.39, 0.29) is 10.8 Å². The maximum atomic E-state index is 12.1. The van der Waals surface area contributed by atoms with E-state index < -0.39 is 0 Å². The number of imidazole rings is 1. The summed E-state index contributed by atoms with van der Waals surface area (Å²) in [5.41, 5.74) is 0.870. The molecule has 2 aliphatic rings. The molecule has 0 amide bonds. The topological polar surface area (TPSA) is 63.6 Å². The largest absolute Gasteiger partial charge is 0.336 e. The second-order valence-electron chi connectivity index (χ2n) is 6.44. The molecule has 1 N–H and O–H groups in total. The maximum absolute atomic E-state index is 12.1. The van der Waals surface area contributed by atoms with Crippen molar-refractivity contribution >= 4 is 22.8 Å². The minimum Gasteiger partial charge on any atom is -0.336 e. The molecule has 0 spiro atoms. The van der Waals surface area contributed by atoms with Crippen LogP contribution >= 0.6 is 11.6 Å². The van der Waals surface area contributed by atoms with Crippen LogP contribution in [0.5, 0.6) is 0 Å². The van der Waals surface area contributed by atoms with E-state index in [0.29, 0.717) is 17.1 Å². The third kappa shape index (κ3) is 2.01. The number of H-pyrrole nitrogens is 1. The summed E-state index contributed by atoms with van der Waals surface area (Å²) in [6, 6.07) is 0. The van der Waals surface area contributed by atoms with Gasteiger partial charge in [-0.1, -0.05) is 13.3 Å². The highest BCUT2D eigenvalue weighted by Crippen LogP contribution is 2.52. The van der Waals surface area contributed by atoms with Gasteiger partial charge in [0.25, 0.3) is 5.56 Å². The van der Waals surface area contributed by atoms with E-state index in [1.807, 2.05) is 4.57 Å². The van der Waals surface area contributed by atoms with E-state index in [4.69, 9.17) is 16.6 Å². The molecule has 2 heterocycles. The van der Waals surface area contributed by atoms with Crippen LogP contribution in [-0.4, -0.2) is 19.5 Å². The molecule has 21 heavy (non-hydrogen) atoms. The molecular formula is C15H19ClN4O. The highest BCUT2D eigenvalue weighted by atomic mass is 35.5. The van der Waals surface area contributed by atoms with E-state index in [0.717, 1.165) is 30.6 Å². The van der Waals surface area contributed by atoms with Gasteiger partial charge in [0.05, 0.1) is 0 Å². The van der Waals surface area contributed by atoms with Crippen molar-refractivity contribution in [3.63, 3.8) is 0 Å². The van der Waals surface area contributed by atoms with Crippen LogP contribution in [0.2, 0.25) is 5.28 Å². The minimum absolute atomic E-state index is 0.236. The van der Waals surface area contributed by atoms with Crippen molar-refractivity contribution in [1.29, 1.82) is 0 Å². The van der Waals surface area contributed by atoms with Crippen molar-refractivity contribution in [1.82, 2.24) is 19.5 Å². The van der Waals surface area contributed by atoms with Gasteiger partial charge in [-0.25, -0.2) is 4.98 Å². The van der Waals surface area contributed by atoms with Crippen LogP contribution in [0.15, 0.2) is 4.79 Å². The Balaban J connectivity index is 1.84. The molecule has 5 nitrogen and oxygen atoms in total. The number of aromatic nitrogens is 4. The molecule has 3 unspecified atom stereocenters. The molecule has 0 radical (unpaired) electrons. The molecule has 2 fully saturated rings. The van der Waals surface area contributed by atoms with Gasteiger partial charge in [0.15, 0.2) is 11.2 Å². The molecule has 3 atom stereocenters. The number of aromatic amines is 1. The highest BCUT2D eigenvalue weighted by molar-refractivity contribution is 6.28. The number of fused-ring (bicyclic) bond motifs is 3. The first kappa shape index (κ1) is 13.3. The molecule has 0 saturated heterocycles. The van der Waals surface area contributed by atoms with Crippen LogP contribution in [0.1, 0.15) is 50.8 Å². The average Bonchev–Trinajstić information content (AvgIpc) is 3.16. The van der Waals surface area contributed by atoms with E-state index in [1.54, 1.807) is 0 Å². The number of hydrogen-bond acceptors (Lipinski definition) is 3. The summed E-state index contributed by atoms with van der Waals surface area (Å²) in [5.74, 6) is 3.02. The quantitative estimate of drug-likeness (QED) is 0.886. The fraction of sp³-hybridized carbons (Fsp3) is 0.667. The number of nitrogens with zero attached hydrogens (tertiary/aromatic N) is 3. The fourth-order valence-corrected chi connectivity index (χ4v) is 4.43. The summed E-state index contributed by atoms with van der Waals surface area (Å²) < 4.78 is 1.84. The summed E-state index contributed by atoms with van der Waals surface area (Å²) in [6.45, 7) is 2.80. The first-order valence-corrected chi connectivity index (χ1v) is 8.21. The first-order chi connectivity index (χ1) is 10.2. The van der Waals surface area contributed by atoms with Crippen LogP contribution in [0.3, 0.4) is 0 Å². The Labute approximate surface area is 127 Å². The lowest BCUT2D eigenvalue weighted by Crippen LogP contribution is -2.14. The Hall–Kier alpha value is -1.36. The Kier molecular flexibility index (Phi) is 3.06. The molecule has 0 aromatic carbocycles. The molecule has 2 bridgehead atoms. The maximum Gasteiger partial charge on any atom is 0.300 e. The minimum atomic E-state index is -0.302. The fourth-order valence-electron chi connectivity index (χ4n) is 4.19. The zero-order chi connectivity index (χ0) is 14.6. The molecule has 6 heteroatoms. The first-order valence-electron chi connectivity index (χ1n) is 7.83. The predicted molar refractivity (Wildman–Crippen MR) is 81.6 cm³/mol. The summed E-state index contributed by atoms with van der Waals surface area (Å²) in [5, 5.41) is 0.236. The highest BCUT2D eigenvalue weighted by Gasteiger charge is 2.41. The lowest BCUT2D eigenvalue weighted by Gasteiger charge is -2.18. The molecule has 2 saturated carbocycles. The van der Waals surface area contributed by atoms with Crippen LogP contribution in [0.25, 0.3) is 11.2 Å². The van der Waals surface area contributed by atoms with Gasteiger partial charge in [0, 0.05) is 12.5 Å². The summed E-state index contributed by atoms with van der Waals surface area (Å²) in [4.78, 5) is 24.0.